The molecule has 3 rings (SSSR count). The molecule has 0 radical (unpaired) electrons. The van der Waals surface area contributed by atoms with Crippen LogP contribution in [0, 0.1) is 13.8 Å². The Kier molecular flexibility index (Phi) is 3.13. The van der Waals surface area contributed by atoms with Gasteiger partial charge in [0, 0.05) is 11.1 Å². The summed E-state index contributed by atoms with van der Waals surface area (Å²) in [6.45, 7) is 3.56. The van der Waals surface area contributed by atoms with Crippen LogP contribution in [-0.2, 0) is 10.0 Å². The molecule has 21 heavy (non-hydrogen) atoms. The molecule has 0 aliphatic heterocycles. The van der Waals surface area contributed by atoms with E-state index < -0.39 is 10.0 Å². The number of nitrogens with one attached hydrogen (secondary N) is 2. The molecule has 0 aliphatic carbocycles. The van der Waals surface area contributed by atoms with Gasteiger partial charge in [0.2, 0.25) is 0 Å². The smallest absolute Gasteiger partial charge is 0.279 e. The van der Waals surface area contributed by atoms with Crippen molar-refractivity contribution in [3.8, 4) is 0 Å². The molecule has 7 heteroatoms. The first kappa shape index (κ1) is 13.6. The quantitative estimate of drug-likeness (QED) is 0.777. The zero-order chi connectivity index (χ0) is 15.0. The van der Waals surface area contributed by atoms with Crippen LogP contribution in [0.2, 0.25) is 0 Å². The number of imidazole rings is 1. The number of benzene rings is 1. The highest BCUT2D eigenvalue weighted by molar-refractivity contribution is 7.92. The molecule has 2 aromatic heterocycles. The van der Waals surface area contributed by atoms with Crippen LogP contribution in [0.1, 0.15) is 11.5 Å². The number of fused-ring (bicyclic) bond motifs is 1. The lowest BCUT2D eigenvalue weighted by molar-refractivity contribution is 0.598. The maximum Gasteiger partial charge on any atom is 0.279 e. The standard InChI is InChI=1S/C14H14N4O2S/c1-9-6-7-11-4-3-5-12(14(11)16-9)18-21(19,20)13-8-15-10(2)17-13/h3-8,18H,1-2H3,(H,15,17). The van der Waals surface area contributed by atoms with E-state index in [4.69, 9.17) is 0 Å². The summed E-state index contributed by atoms with van der Waals surface area (Å²) < 4.78 is 27.2. The Labute approximate surface area is 122 Å². The lowest BCUT2D eigenvalue weighted by atomic mass is 10.2. The summed E-state index contributed by atoms with van der Waals surface area (Å²) >= 11 is 0. The third-order valence-electron chi connectivity index (χ3n) is 3.07. The average molecular weight is 302 g/mol. The Morgan fingerprint density at radius 1 is 1.14 bits per heavy atom. The number of aromatic nitrogens is 3. The van der Waals surface area contributed by atoms with Crippen LogP contribution in [0.3, 0.4) is 0 Å². The van der Waals surface area contributed by atoms with Gasteiger partial charge in [0.25, 0.3) is 10.0 Å². The third-order valence-corrected chi connectivity index (χ3v) is 4.35. The van der Waals surface area contributed by atoms with Gasteiger partial charge in [-0.15, -0.1) is 0 Å². The topological polar surface area (TPSA) is 87.7 Å². The Balaban J connectivity index is 2.08. The molecule has 0 saturated carbocycles. The number of hydrogen-bond donors (Lipinski definition) is 2. The van der Waals surface area contributed by atoms with Gasteiger partial charge in [0.1, 0.15) is 5.82 Å². The van der Waals surface area contributed by atoms with Crippen LogP contribution < -0.4 is 4.72 Å². The third kappa shape index (κ3) is 2.59. The second-order valence-electron chi connectivity index (χ2n) is 4.77. The zero-order valence-corrected chi connectivity index (χ0v) is 12.4. The van der Waals surface area contributed by atoms with Crippen molar-refractivity contribution in [2.75, 3.05) is 4.72 Å². The van der Waals surface area contributed by atoms with Gasteiger partial charge in [-0.1, -0.05) is 18.2 Å². The molecular weight excluding hydrogens is 288 g/mol. The highest BCUT2D eigenvalue weighted by Crippen LogP contribution is 2.24. The van der Waals surface area contributed by atoms with E-state index in [1.54, 1.807) is 19.1 Å². The number of pyridine rings is 1. The Morgan fingerprint density at radius 2 is 1.95 bits per heavy atom. The SMILES string of the molecule is Cc1ccc2cccc(NS(=O)(=O)c3cnc(C)[nH]3)c2n1. The van der Waals surface area contributed by atoms with Crippen LogP contribution in [0.25, 0.3) is 10.9 Å². The van der Waals surface area contributed by atoms with E-state index in [1.807, 2.05) is 25.1 Å². The van der Waals surface area contributed by atoms with E-state index in [0.717, 1.165) is 11.1 Å². The van der Waals surface area contributed by atoms with Gasteiger partial charge in [-0.25, -0.2) is 4.98 Å². The van der Waals surface area contributed by atoms with Crippen molar-refractivity contribution < 1.29 is 8.42 Å². The summed E-state index contributed by atoms with van der Waals surface area (Å²) in [6.07, 6.45) is 1.29. The minimum Gasteiger partial charge on any atom is -0.332 e. The number of hydrogen-bond acceptors (Lipinski definition) is 4. The molecule has 1 aromatic carbocycles. The van der Waals surface area contributed by atoms with Crippen LogP contribution >= 0.6 is 0 Å². The average Bonchev–Trinajstić information content (AvgIpc) is 2.87. The molecule has 0 atom stereocenters. The van der Waals surface area contributed by atoms with Crippen molar-refractivity contribution in [2.45, 2.75) is 18.9 Å². The molecule has 108 valence electrons. The van der Waals surface area contributed by atoms with E-state index in [-0.39, 0.29) is 5.03 Å². The number of H-pyrrole nitrogens is 1. The molecule has 0 unspecified atom stereocenters. The van der Waals surface area contributed by atoms with Crippen LogP contribution in [0.15, 0.2) is 41.6 Å². The fourth-order valence-corrected chi connectivity index (χ4v) is 3.10. The van der Waals surface area contributed by atoms with Gasteiger partial charge in [-0.3, -0.25) is 9.71 Å². The summed E-state index contributed by atoms with van der Waals surface area (Å²) in [4.78, 5) is 11.0. The first-order valence-corrected chi connectivity index (χ1v) is 7.85. The Bertz CT molecular complexity index is 916. The Morgan fingerprint density at radius 3 is 2.67 bits per heavy atom. The van der Waals surface area contributed by atoms with Crippen LogP contribution in [0.4, 0.5) is 5.69 Å². The molecule has 0 bridgehead atoms. The van der Waals surface area contributed by atoms with Gasteiger partial charge in [0.15, 0.2) is 5.03 Å². The van der Waals surface area contributed by atoms with Crippen LogP contribution in [-0.4, -0.2) is 23.4 Å². The molecule has 0 fully saturated rings. The van der Waals surface area contributed by atoms with Gasteiger partial charge in [-0.05, 0) is 26.0 Å². The monoisotopic (exact) mass is 302 g/mol. The molecule has 0 saturated heterocycles. The van der Waals surface area contributed by atoms with E-state index in [9.17, 15) is 8.42 Å². The summed E-state index contributed by atoms with van der Waals surface area (Å²) in [7, 11) is -3.70. The van der Waals surface area contributed by atoms with Crippen LogP contribution in [0.5, 0.6) is 0 Å². The highest BCUT2D eigenvalue weighted by Gasteiger charge is 2.18. The fraction of sp³-hybridized carbons (Fsp3) is 0.143. The predicted octanol–water partition coefficient (Wildman–Crippen LogP) is 2.38. The molecule has 2 N–H and O–H groups in total. The van der Waals surface area contributed by atoms with Crippen molar-refractivity contribution >= 4 is 26.6 Å². The van der Waals surface area contributed by atoms with E-state index >= 15 is 0 Å². The largest absolute Gasteiger partial charge is 0.332 e. The lowest BCUT2D eigenvalue weighted by Gasteiger charge is -2.09. The lowest BCUT2D eigenvalue weighted by Crippen LogP contribution is -2.14. The summed E-state index contributed by atoms with van der Waals surface area (Å²) in [6, 6.07) is 9.17. The molecule has 0 aliphatic rings. The first-order chi connectivity index (χ1) is 9.95. The van der Waals surface area contributed by atoms with Crippen molar-refractivity contribution in [2.24, 2.45) is 0 Å². The number of aromatic amines is 1. The fourth-order valence-electron chi connectivity index (χ4n) is 2.06. The van der Waals surface area contributed by atoms with Gasteiger partial charge in [-0.2, -0.15) is 8.42 Å². The zero-order valence-electron chi connectivity index (χ0n) is 11.6. The summed E-state index contributed by atoms with van der Waals surface area (Å²) in [5.41, 5.74) is 1.90. The van der Waals surface area contributed by atoms with Crippen molar-refractivity contribution in [3.05, 3.63) is 48.0 Å². The van der Waals surface area contributed by atoms with E-state index in [0.29, 0.717) is 17.0 Å². The maximum absolute atomic E-state index is 12.3. The number of sulfonamides is 1. The minimum absolute atomic E-state index is 0.0321. The van der Waals surface area contributed by atoms with Gasteiger partial charge >= 0.3 is 0 Å². The van der Waals surface area contributed by atoms with Crippen molar-refractivity contribution in [3.63, 3.8) is 0 Å². The Hall–Kier alpha value is -2.41. The summed E-state index contributed by atoms with van der Waals surface area (Å²) in [5, 5.41) is 0.909. The molecule has 0 amide bonds. The van der Waals surface area contributed by atoms with E-state index in [1.165, 1.54) is 6.20 Å². The highest BCUT2D eigenvalue weighted by atomic mass is 32.2. The number of nitrogens with zero attached hydrogens (tertiary/aromatic N) is 2. The predicted molar refractivity (Wildman–Crippen MR) is 80.6 cm³/mol. The number of anilines is 1. The first-order valence-electron chi connectivity index (χ1n) is 6.36. The second-order valence-corrected chi connectivity index (χ2v) is 6.42. The normalized spacial score (nSPS) is 11.7. The number of aryl methyl sites for hydroxylation is 2. The molecule has 2 heterocycles. The molecular formula is C14H14N4O2S. The maximum atomic E-state index is 12.3. The van der Waals surface area contributed by atoms with Gasteiger partial charge in [0.05, 0.1) is 17.4 Å². The van der Waals surface area contributed by atoms with Crippen molar-refractivity contribution in [1.82, 2.24) is 15.0 Å². The number of para-hydroxylation sites is 1. The second kappa shape index (κ2) is 4.85. The number of rotatable bonds is 3. The molecule has 0 spiro atoms. The van der Waals surface area contributed by atoms with Gasteiger partial charge < -0.3 is 4.98 Å². The summed E-state index contributed by atoms with van der Waals surface area (Å²) in [5.74, 6) is 0.544. The minimum atomic E-state index is -3.70. The molecule has 3 aromatic rings. The molecule has 6 nitrogen and oxygen atoms in total. The van der Waals surface area contributed by atoms with E-state index in [2.05, 4.69) is 19.7 Å². The van der Waals surface area contributed by atoms with Crippen molar-refractivity contribution in [1.29, 1.82) is 0 Å².